The van der Waals surface area contributed by atoms with Crippen molar-refractivity contribution in [2.75, 3.05) is 6.54 Å². The van der Waals surface area contributed by atoms with Crippen LogP contribution in [-0.4, -0.2) is 35.5 Å². The Morgan fingerprint density at radius 3 is 2.35 bits per heavy atom. The summed E-state index contributed by atoms with van der Waals surface area (Å²) < 4.78 is 5.48. The number of carbonyl (C=O) groups excluding carboxylic acids is 2. The topological polar surface area (TPSA) is 46.6 Å². The molecule has 0 aromatic carbocycles. The van der Waals surface area contributed by atoms with Gasteiger partial charge in [0.05, 0.1) is 0 Å². The number of hydrogen-bond donors (Lipinski definition) is 0. The Bertz CT molecular complexity index is 316. The molecule has 0 aliphatic heterocycles. The molecule has 1 aliphatic carbocycles. The van der Waals surface area contributed by atoms with E-state index in [1.165, 1.54) is 19.3 Å². The van der Waals surface area contributed by atoms with Gasteiger partial charge in [-0.05, 0) is 46.5 Å². The minimum absolute atomic E-state index is 0.00681. The quantitative estimate of drug-likeness (QED) is 0.721. The summed E-state index contributed by atoms with van der Waals surface area (Å²) in [6.45, 7) is 8.14. The maximum atomic E-state index is 12.3. The summed E-state index contributed by atoms with van der Waals surface area (Å²) in [5.41, 5.74) is -0.497. The van der Waals surface area contributed by atoms with Crippen molar-refractivity contribution in [3.05, 3.63) is 0 Å². The second-order valence-corrected chi connectivity index (χ2v) is 6.63. The van der Waals surface area contributed by atoms with Crippen molar-refractivity contribution >= 4 is 12.4 Å². The molecule has 1 amide bonds. The summed E-state index contributed by atoms with van der Waals surface area (Å²) in [5.74, 6) is 0.432. The van der Waals surface area contributed by atoms with Gasteiger partial charge < -0.3 is 14.4 Å². The molecule has 0 saturated heterocycles. The zero-order chi connectivity index (χ0) is 15.2. The van der Waals surface area contributed by atoms with Gasteiger partial charge in [0.1, 0.15) is 11.9 Å². The largest absolute Gasteiger partial charge is 0.444 e. The standard InChI is InChI=1S/C16H29NO3/c1-5-17(15(19)20-16(2,3)4)14(11-12-18)13-9-7-6-8-10-13/h12-14H,5-11H2,1-4H3. The first-order valence-electron chi connectivity index (χ1n) is 7.82. The van der Waals surface area contributed by atoms with Gasteiger partial charge in [0, 0.05) is 19.0 Å². The van der Waals surface area contributed by atoms with E-state index < -0.39 is 5.60 Å². The van der Waals surface area contributed by atoms with Crippen LogP contribution in [0.15, 0.2) is 0 Å². The molecule has 1 fully saturated rings. The molecule has 1 saturated carbocycles. The monoisotopic (exact) mass is 283 g/mol. The maximum Gasteiger partial charge on any atom is 0.410 e. The van der Waals surface area contributed by atoms with Crippen LogP contribution in [0.3, 0.4) is 0 Å². The first-order chi connectivity index (χ1) is 9.39. The molecule has 1 atom stereocenters. The lowest BCUT2D eigenvalue weighted by molar-refractivity contribution is -0.109. The highest BCUT2D eigenvalue weighted by Crippen LogP contribution is 2.31. The molecule has 0 N–H and O–H groups in total. The average Bonchev–Trinajstić information content (AvgIpc) is 2.37. The maximum absolute atomic E-state index is 12.3. The van der Waals surface area contributed by atoms with Gasteiger partial charge in [0.15, 0.2) is 0 Å². The Balaban J connectivity index is 2.79. The lowest BCUT2D eigenvalue weighted by Gasteiger charge is -2.38. The summed E-state index contributed by atoms with van der Waals surface area (Å²) in [5, 5.41) is 0. The fourth-order valence-corrected chi connectivity index (χ4v) is 3.01. The highest BCUT2D eigenvalue weighted by Gasteiger charge is 2.32. The Morgan fingerprint density at radius 2 is 1.90 bits per heavy atom. The molecule has 0 aromatic rings. The van der Waals surface area contributed by atoms with Crippen LogP contribution in [-0.2, 0) is 9.53 Å². The predicted molar refractivity (Wildman–Crippen MR) is 79.7 cm³/mol. The third kappa shape index (κ3) is 5.14. The van der Waals surface area contributed by atoms with Crippen molar-refractivity contribution < 1.29 is 14.3 Å². The van der Waals surface area contributed by atoms with Crippen LogP contribution >= 0.6 is 0 Å². The van der Waals surface area contributed by atoms with Gasteiger partial charge in [-0.1, -0.05) is 19.3 Å². The van der Waals surface area contributed by atoms with E-state index in [9.17, 15) is 9.59 Å². The fourth-order valence-electron chi connectivity index (χ4n) is 3.01. The summed E-state index contributed by atoms with van der Waals surface area (Å²) in [4.78, 5) is 25.1. The summed E-state index contributed by atoms with van der Waals surface area (Å²) >= 11 is 0. The first-order valence-corrected chi connectivity index (χ1v) is 7.82. The predicted octanol–water partition coefficient (Wildman–Crippen LogP) is 3.78. The number of carbonyl (C=O) groups is 2. The number of nitrogens with zero attached hydrogens (tertiary/aromatic N) is 1. The van der Waals surface area contributed by atoms with Crippen LogP contribution in [0, 0.1) is 5.92 Å². The third-order valence-corrected chi connectivity index (χ3v) is 3.90. The molecule has 20 heavy (non-hydrogen) atoms. The van der Waals surface area contributed by atoms with Gasteiger partial charge in [-0.3, -0.25) is 0 Å². The Labute approximate surface area is 122 Å². The van der Waals surface area contributed by atoms with Crippen LogP contribution < -0.4 is 0 Å². The smallest absolute Gasteiger partial charge is 0.410 e. The van der Waals surface area contributed by atoms with Crippen LogP contribution in [0.5, 0.6) is 0 Å². The zero-order valence-corrected chi connectivity index (χ0v) is 13.4. The average molecular weight is 283 g/mol. The van der Waals surface area contributed by atoms with Gasteiger partial charge in [0.25, 0.3) is 0 Å². The molecule has 1 rings (SSSR count). The minimum Gasteiger partial charge on any atom is -0.444 e. The fraction of sp³-hybridized carbons (Fsp3) is 0.875. The number of hydrogen-bond acceptors (Lipinski definition) is 3. The van der Waals surface area contributed by atoms with Gasteiger partial charge in [-0.15, -0.1) is 0 Å². The van der Waals surface area contributed by atoms with Crippen LogP contribution in [0.2, 0.25) is 0 Å². The molecule has 4 nitrogen and oxygen atoms in total. The molecule has 0 bridgehead atoms. The van der Waals surface area contributed by atoms with Gasteiger partial charge in [-0.25, -0.2) is 4.79 Å². The zero-order valence-electron chi connectivity index (χ0n) is 13.4. The van der Waals surface area contributed by atoms with E-state index in [-0.39, 0.29) is 12.1 Å². The molecule has 0 heterocycles. The van der Waals surface area contributed by atoms with Crippen molar-refractivity contribution in [1.82, 2.24) is 4.90 Å². The van der Waals surface area contributed by atoms with Crippen LogP contribution in [0.4, 0.5) is 4.79 Å². The van der Waals surface area contributed by atoms with Gasteiger partial charge in [-0.2, -0.15) is 0 Å². The number of rotatable bonds is 5. The van der Waals surface area contributed by atoms with E-state index in [0.717, 1.165) is 19.1 Å². The molecule has 0 spiro atoms. The van der Waals surface area contributed by atoms with E-state index in [4.69, 9.17) is 4.74 Å². The van der Waals surface area contributed by atoms with E-state index in [1.807, 2.05) is 27.7 Å². The Kier molecular flexibility index (Phi) is 6.50. The summed E-state index contributed by atoms with van der Waals surface area (Å²) in [6.07, 6.45) is 6.94. The lowest BCUT2D eigenvalue weighted by Crippen LogP contribution is -2.47. The lowest BCUT2D eigenvalue weighted by atomic mass is 9.82. The third-order valence-electron chi connectivity index (χ3n) is 3.90. The van der Waals surface area contributed by atoms with Crippen molar-refractivity contribution in [2.45, 2.75) is 77.9 Å². The molecule has 116 valence electrons. The SMILES string of the molecule is CCN(C(=O)OC(C)(C)C)C(CC=O)C1CCCCC1. The van der Waals surface area contributed by atoms with Crippen LogP contribution in [0.1, 0.15) is 66.2 Å². The highest BCUT2D eigenvalue weighted by atomic mass is 16.6. The molecular formula is C16H29NO3. The second-order valence-electron chi connectivity index (χ2n) is 6.63. The molecular weight excluding hydrogens is 254 g/mol. The van der Waals surface area contributed by atoms with E-state index >= 15 is 0 Å². The molecule has 1 unspecified atom stereocenters. The molecule has 0 aromatic heterocycles. The van der Waals surface area contributed by atoms with E-state index in [1.54, 1.807) is 4.90 Å². The number of aldehydes is 1. The second kappa shape index (κ2) is 7.65. The van der Waals surface area contributed by atoms with Crippen LogP contribution in [0.25, 0.3) is 0 Å². The first kappa shape index (κ1) is 17.0. The minimum atomic E-state index is -0.497. The van der Waals surface area contributed by atoms with Crippen molar-refractivity contribution in [3.8, 4) is 0 Å². The number of amides is 1. The van der Waals surface area contributed by atoms with E-state index in [2.05, 4.69) is 0 Å². The van der Waals surface area contributed by atoms with Crippen molar-refractivity contribution in [2.24, 2.45) is 5.92 Å². The molecule has 0 radical (unpaired) electrons. The normalized spacial score (nSPS) is 18.4. The van der Waals surface area contributed by atoms with Gasteiger partial charge in [0.2, 0.25) is 0 Å². The van der Waals surface area contributed by atoms with Crippen molar-refractivity contribution in [1.29, 1.82) is 0 Å². The molecule has 4 heteroatoms. The number of ether oxygens (including phenoxy) is 1. The summed E-state index contributed by atoms with van der Waals surface area (Å²) in [6, 6.07) is -0.00681. The Morgan fingerprint density at radius 1 is 1.30 bits per heavy atom. The molecule has 1 aliphatic rings. The summed E-state index contributed by atoms with van der Waals surface area (Å²) in [7, 11) is 0. The van der Waals surface area contributed by atoms with Crippen molar-refractivity contribution in [3.63, 3.8) is 0 Å². The van der Waals surface area contributed by atoms with E-state index in [0.29, 0.717) is 18.9 Å². The highest BCUT2D eigenvalue weighted by molar-refractivity contribution is 5.69. The Hall–Kier alpha value is -1.06. The van der Waals surface area contributed by atoms with Gasteiger partial charge >= 0.3 is 6.09 Å².